The van der Waals surface area contributed by atoms with Gasteiger partial charge in [0.25, 0.3) is 0 Å². The molecule has 2 atom stereocenters. The predicted molar refractivity (Wildman–Crippen MR) is 74.2 cm³/mol. The van der Waals surface area contributed by atoms with Crippen molar-refractivity contribution >= 4 is 5.91 Å². The highest BCUT2D eigenvalue weighted by Crippen LogP contribution is 2.32. The molecule has 0 radical (unpaired) electrons. The molecule has 2 aromatic rings. The molecular weight excluding hydrogens is 274 g/mol. The second-order valence-electron chi connectivity index (χ2n) is 5.03. The van der Waals surface area contributed by atoms with Crippen molar-refractivity contribution in [2.45, 2.75) is 12.2 Å². The van der Waals surface area contributed by atoms with E-state index in [1.807, 2.05) is 30.3 Å². The van der Waals surface area contributed by atoms with Crippen LogP contribution in [0.4, 0.5) is 8.78 Å². The molecule has 2 aromatic carbocycles. The number of carbonyl (C=O) groups excluding carboxylic acids is 1. The SMILES string of the molecule is CN1C(=O)C(c2ccccc2)NC1c1ccc(F)cc1F. The van der Waals surface area contributed by atoms with E-state index in [2.05, 4.69) is 5.32 Å². The average Bonchev–Trinajstić information content (AvgIpc) is 2.77. The number of nitrogens with one attached hydrogen (secondary N) is 1. The van der Waals surface area contributed by atoms with Gasteiger partial charge in [-0.1, -0.05) is 30.3 Å². The minimum absolute atomic E-state index is 0.144. The van der Waals surface area contributed by atoms with E-state index in [0.717, 1.165) is 11.6 Å². The third-order valence-corrected chi connectivity index (χ3v) is 3.70. The summed E-state index contributed by atoms with van der Waals surface area (Å²) >= 11 is 0. The van der Waals surface area contributed by atoms with Crippen LogP contribution in [0.2, 0.25) is 0 Å². The Morgan fingerprint density at radius 2 is 1.81 bits per heavy atom. The van der Waals surface area contributed by atoms with E-state index in [9.17, 15) is 13.6 Å². The number of rotatable bonds is 2. The molecule has 1 fully saturated rings. The summed E-state index contributed by atoms with van der Waals surface area (Å²) in [6, 6.07) is 12.1. The van der Waals surface area contributed by atoms with E-state index in [4.69, 9.17) is 0 Å². The van der Waals surface area contributed by atoms with Crippen molar-refractivity contribution in [1.82, 2.24) is 10.2 Å². The van der Waals surface area contributed by atoms with Gasteiger partial charge in [0.2, 0.25) is 5.91 Å². The Balaban J connectivity index is 1.94. The first-order valence-electron chi connectivity index (χ1n) is 6.60. The second-order valence-corrected chi connectivity index (χ2v) is 5.03. The van der Waals surface area contributed by atoms with Crippen LogP contribution in [-0.2, 0) is 4.79 Å². The van der Waals surface area contributed by atoms with E-state index in [-0.39, 0.29) is 11.5 Å². The normalized spacial score (nSPS) is 21.9. The zero-order chi connectivity index (χ0) is 15.0. The molecule has 0 aliphatic carbocycles. The lowest BCUT2D eigenvalue weighted by molar-refractivity contribution is -0.128. The molecule has 21 heavy (non-hydrogen) atoms. The molecule has 0 spiro atoms. The van der Waals surface area contributed by atoms with Crippen LogP contribution in [-0.4, -0.2) is 17.9 Å². The number of hydrogen-bond acceptors (Lipinski definition) is 2. The molecule has 5 heteroatoms. The van der Waals surface area contributed by atoms with Crippen LogP contribution in [0.1, 0.15) is 23.3 Å². The number of likely N-dealkylation sites (N-methyl/N-ethyl adjacent to an activating group) is 1. The van der Waals surface area contributed by atoms with Gasteiger partial charge in [-0.25, -0.2) is 8.78 Å². The van der Waals surface area contributed by atoms with Gasteiger partial charge in [0.05, 0.1) is 0 Å². The Kier molecular flexibility index (Phi) is 3.43. The molecular formula is C16H14F2N2O. The molecule has 0 aromatic heterocycles. The zero-order valence-electron chi connectivity index (χ0n) is 11.4. The number of nitrogens with zero attached hydrogens (tertiary/aromatic N) is 1. The second kappa shape index (κ2) is 5.26. The zero-order valence-corrected chi connectivity index (χ0v) is 11.4. The fourth-order valence-corrected chi connectivity index (χ4v) is 2.58. The molecule has 1 aliphatic rings. The Hall–Kier alpha value is -2.27. The largest absolute Gasteiger partial charge is 0.324 e. The van der Waals surface area contributed by atoms with Crippen LogP contribution in [0, 0.1) is 11.6 Å². The van der Waals surface area contributed by atoms with Gasteiger partial charge in [-0.3, -0.25) is 10.1 Å². The predicted octanol–water partition coefficient (Wildman–Crippen LogP) is 2.77. The van der Waals surface area contributed by atoms with Crippen molar-refractivity contribution in [3.05, 3.63) is 71.3 Å². The molecule has 3 rings (SSSR count). The Morgan fingerprint density at radius 1 is 1.10 bits per heavy atom. The molecule has 0 bridgehead atoms. The smallest absolute Gasteiger partial charge is 0.245 e. The van der Waals surface area contributed by atoms with E-state index in [0.29, 0.717) is 0 Å². The Morgan fingerprint density at radius 3 is 2.48 bits per heavy atom. The molecule has 2 unspecified atom stereocenters. The first-order chi connectivity index (χ1) is 10.1. The van der Waals surface area contributed by atoms with Gasteiger partial charge in [-0.15, -0.1) is 0 Å². The molecule has 1 saturated heterocycles. The number of halogens is 2. The number of benzene rings is 2. The van der Waals surface area contributed by atoms with Gasteiger partial charge in [0.15, 0.2) is 0 Å². The Labute approximate surface area is 121 Å². The van der Waals surface area contributed by atoms with Crippen LogP contribution in [0.3, 0.4) is 0 Å². The minimum atomic E-state index is -0.666. The van der Waals surface area contributed by atoms with Crippen LogP contribution in [0.15, 0.2) is 48.5 Å². The van der Waals surface area contributed by atoms with E-state index >= 15 is 0 Å². The molecule has 1 N–H and O–H groups in total. The van der Waals surface area contributed by atoms with Gasteiger partial charge in [0, 0.05) is 18.7 Å². The maximum Gasteiger partial charge on any atom is 0.245 e. The highest BCUT2D eigenvalue weighted by molar-refractivity contribution is 5.85. The van der Waals surface area contributed by atoms with E-state index in [1.54, 1.807) is 7.05 Å². The van der Waals surface area contributed by atoms with E-state index in [1.165, 1.54) is 17.0 Å². The van der Waals surface area contributed by atoms with Gasteiger partial charge in [-0.2, -0.15) is 0 Å². The topological polar surface area (TPSA) is 32.3 Å². The molecule has 108 valence electrons. The maximum absolute atomic E-state index is 13.9. The summed E-state index contributed by atoms with van der Waals surface area (Å²) in [4.78, 5) is 13.8. The summed E-state index contributed by atoms with van der Waals surface area (Å²) in [5.41, 5.74) is 1.07. The monoisotopic (exact) mass is 288 g/mol. The first kappa shape index (κ1) is 13.7. The summed E-state index contributed by atoms with van der Waals surface area (Å²) < 4.78 is 26.9. The number of hydrogen-bond donors (Lipinski definition) is 1. The van der Waals surface area contributed by atoms with Crippen molar-refractivity contribution in [1.29, 1.82) is 0 Å². The van der Waals surface area contributed by atoms with Crippen molar-refractivity contribution in [3.8, 4) is 0 Å². The van der Waals surface area contributed by atoms with Gasteiger partial charge < -0.3 is 4.90 Å². The molecule has 1 amide bonds. The van der Waals surface area contributed by atoms with Crippen LogP contribution in [0.5, 0.6) is 0 Å². The first-order valence-corrected chi connectivity index (χ1v) is 6.60. The maximum atomic E-state index is 13.9. The lowest BCUT2D eigenvalue weighted by Gasteiger charge is -2.20. The molecule has 3 nitrogen and oxygen atoms in total. The summed E-state index contributed by atoms with van der Waals surface area (Å²) in [5.74, 6) is -1.45. The highest BCUT2D eigenvalue weighted by Gasteiger charge is 2.39. The lowest BCUT2D eigenvalue weighted by atomic mass is 10.1. The summed E-state index contributed by atoms with van der Waals surface area (Å²) in [6.07, 6.45) is -0.608. The van der Waals surface area contributed by atoms with Crippen LogP contribution >= 0.6 is 0 Å². The third kappa shape index (κ3) is 2.40. The fraction of sp³-hybridized carbons (Fsp3) is 0.188. The molecule has 1 heterocycles. The Bertz CT molecular complexity index is 675. The molecule has 1 aliphatic heterocycles. The van der Waals surface area contributed by atoms with Crippen molar-refractivity contribution in [3.63, 3.8) is 0 Å². The van der Waals surface area contributed by atoms with Crippen LogP contribution in [0.25, 0.3) is 0 Å². The number of carbonyl (C=O) groups is 1. The summed E-state index contributed by atoms with van der Waals surface area (Å²) in [5, 5.41) is 3.10. The fourth-order valence-electron chi connectivity index (χ4n) is 2.58. The quantitative estimate of drug-likeness (QED) is 0.921. The van der Waals surface area contributed by atoms with Crippen molar-refractivity contribution in [2.75, 3.05) is 7.05 Å². The number of amides is 1. The van der Waals surface area contributed by atoms with E-state index < -0.39 is 23.8 Å². The van der Waals surface area contributed by atoms with Crippen molar-refractivity contribution in [2.24, 2.45) is 0 Å². The van der Waals surface area contributed by atoms with Gasteiger partial charge >= 0.3 is 0 Å². The summed E-state index contributed by atoms with van der Waals surface area (Å²) in [6.45, 7) is 0. The molecule has 0 saturated carbocycles. The highest BCUT2D eigenvalue weighted by atomic mass is 19.1. The van der Waals surface area contributed by atoms with Crippen LogP contribution < -0.4 is 5.32 Å². The van der Waals surface area contributed by atoms with Crippen molar-refractivity contribution < 1.29 is 13.6 Å². The lowest BCUT2D eigenvalue weighted by Crippen LogP contribution is -2.26. The van der Waals surface area contributed by atoms with Gasteiger partial charge in [-0.05, 0) is 17.7 Å². The standard InChI is InChI=1S/C16H14F2N2O/c1-20-15(12-8-7-11(17)9-13(12)18)19-14(16(20)21)10-5-3-2-4-6-10/h2-9,14-15,19H,1H3. The third-order valence-electron chi connectivity index (χ3n) is 3.70. The minimum Gasteiger partial charge on any atom is -0.324 e. The summed E-state index contributed by atoms with van der Waals surface area (Å²) in [7, 11) is 1.60. The average molecular weight is 288 g/mol. The van der Waals surface area contributed by atoms with Gasteiger partial charge in [0.1, 0.15) is 23.8 Å².